The van der Waals surface area contributed by atoms with E-state index in [-0.39, 0.29) is 5.75 Å². The maximum atomic E-state index is 12.6. The number of halogens is 2. The number of anilines is 2. The molecule has 0 bridgehead atoms. The first-order chi connectivity index (χ1) is 14.4. The molecule has 0 atom stereocenters. The van der Waals surface area contributed by atoms with E-state index in [1.807, 2.05) is 30.5 Å². The highest BCUT2D eigenvalue weighted by molar-refractivity contribution is 6.01. The van der Waals surface area contributed by atoms with Crippen molar-refractivity contribution >= 4 is 28.4 Å². The second-order valence-electron chi connectivity index (χ2n) is 6.76. The van der Waals surface area contributed by atoms with Gasteiger partial charge < -0.3 is 19.8 Å². The van der Waals surface area contributed by atoms with Gasteiger partial charge in [0.15, 0.2) is 0 Å². The molecule has 0 aliphatic carbocycles. The molecule has 3 rings (SSSR count). The SMILES string of the molecule is CCCCOC(=O)Nc1ccc(-c2c(N)c3ccc(OC(F)F)cc3n2CC)cc1. The Morgan fingerprint density at radius 2 is 1.90 bits per heavy atom. The van der Waals surface area contributed by atoms with Gasteiger partial charge in [-0.1, -0.05) is 25.5 Å². The molecule has 3 aromatic rings. The van der Waals surface area contributed by atoms with Gasteiger partial charge in [0.05, 0.1) is 23.5 Å². The number of fused-ring (bicyclic) bond motifs is 1. The fourth-order valence-corrected chi connectivity index (χ4v) is 3.35. The van der Waals surface area contributed by atoms with Crippen LogP contribution < -0.4 is 15.8 Å². The van der Waals surface area contributed by atoms with Crippen molar-refractivity contribution in [2.75, 3.05) is 17.7 Å². The van der Waals surface area contributed by atoms with Gasteiger partial charge in [0.2, 0.25) is 0 Å². The summed E-state index contributed by atoms with van der Waals surface area (Å²) < 4.78 is 36.7. The zero-order chi connectivity index (χ0) is 21.7. The highest BCUT2D eigenvalue weighted by Crippen LogP contribution is 2.38. The number of rotatable bonds is 8. The highest BCUT2D eigenvalue weighted by Gasteiger charge is 2.17. The van der Waals surface area contributed by atoms with Crippen LogP contribution in [0.5, 0.6) is 5.75 Å². The van der Waals surface area contributed by atoms with E-state index in [1.165, 1.54) is 6.07 Å². The summed E-state index contributed by atoms with van der Waals surface area (Å²) in [6.45, 7) is 2.05. The third-order valence-electron chi connectivity index (χ3n) is 4.75. The molecular formula is C22H25F2N3O3. The third-order valence-corrected chi connectivity index (χ3v) is 4.75. The molecule has 0 aliphatic rings. The number of hydrogen-bond donors (Lipinski definition) is 2. The Bertz CT molecular complexity index is 1020. The number of aryl methyl sites for hydroxylation is 1. The summed E-state index contributed by atoms with van der Waals surface area (Å²) >= 11 is 0. The summed E-state index contributed by atoms with van der Waals surface area (Å²) in [5.41, 5.74) is 9.87. The molecule has 1 amide bonds. The Labute approximate surface area is 173 Å². The summed E-state index contributed by atoms with van der Waals surface area (Å²) in [4.78, 5) is 11.8. The Hall–Kier alpha value is -3.29. The van der Waals surface area contributed by atoms with E-state index in [9.17, 15) is 13.6 Å². The molecule has 2 aromatic carbocycles. The normalized spacial score (nSPS) is 11.1. The van der Waals surface area contributed by atoms with Crippen LogP contribution in [0.2, 0.25) is 0 Å². The maximum absolute atomic E-state index is 12.6. The van der Waals surface area contributed by atoms with Crippen LogP contribution >= 0.6 is 0 Å². The van der Waals surface area contributed by atoms with Gasteiger partial charge in [0, 0.05) is 29.2 Å². The van der Waals surface area contributed by atoms with E-state index >= 15 is 0 Å². The smallest absolute Gasteiger partial charge is 0.411 e. The summed E-state index contributed by atoms with van der Waals surface area (Å²) in [5.74, 6) is 0.0809. The second-order valence-corrected chi connectivity index (χ2v) is 6.76. The third kappa shape index (κ3) is 4.64. The monoisotopic (exact) mass is 417 g/mol. The van der Waals surface area contributed by atoms with E-state index < -0.39 is 12.7 Å². The lowest BCUT2D eigenvalue weighted by Gasteiger charge is -2.11. The minimum Gasteiger partial charge on any atom is -0.449 e. The van der Waals surface area contributed by atoms with Crippen molar-refractivity contribution in [3.8, 4) is 17.0 Å². The van der Waals surface area contributed by atoms with Gasteiger partial charge in [-0.15, -0.1) is 0 Å². The van der Waals surface area contributed by atoms with Crippen molar-refractivity contribution in [2.45, 2.75) is 39.8 Å². The number of carbonyl (C=O) groups excluding carboxylic acids is 1. The zero-order valence-corrected chi connectivity index (χ0v) is 17.0. The fourth-order valence-electron chi connectivity index (χ4n) is 3.35. The van der Waals surface area contributed by atoms with Gasteiger partial charge in [-0.3, -0.25) is 5.32 Å². The van der Waals surface area contributed by atoms with Crippen LogP contribution in [0, 0.1) is 0 Å². The minimum atomic E-state index is -2.89. The lowest BCUT2D eigenvalue weighted by Crippen LogP contribution is -2.14. The molecule has 30 heavy (non-hydrogen) atoms. The van der Waals surface area contributed by atoms with Crippen molar-refractivity contribution in [1.82, 2.24) is 4.57 Å². The van der Waals surface area contributed by atoms with Crippen molar-refractivity contribution < 1.29 is 23.0 Å². The van der Waals surface area contributed by atoms with Crippen molar-refractivity contribution in [3.63, 3.8) is 0 Å². The lowest BCUT2D eigenvalue weighted by atomic mass is 10.1. The van der Waals surface area contributed by atoms with Crippen molar-refractivity contribution in [3.05, 3.63) is 42.5 Å². The first-order valence-corrected chi connectivity index (χ1v) is 9.85. The number of amides is 1. The number of carbonyl (C=O) groups is 1. The summed E-state index contributed by atoms with van der Waals surface area (Å²) in [6, 6.07) is 11.9. The van der Waals surface area contributed by atoms with Crippen molar-refractivity contribution in [1.29, 1.82) is 0 Å². The van der Waals surface area contributed by atoms with Gasteiger partial charge in [-0.05, 0) is 37.6 Å². The number of ether oxygens (including phenoxy) is 2. The Balaban J connectivity index is 1.88. The largest absolute Gasteiger partial charge is 0.449 e. The number of nitrogens with one attached hydrogen (secondary N) is 1. The van der Waals surface area contributed by atoms with Gasteiger partial charge in [0.25, 0.3) is 0 Å². The standard InChI is InChI=1S/C22H25F2N3O3/c1-3-5-12-29-22(28)26-15-8-6-14(7-9-15)20-19(25)17-11-10-16(30-21(23)24)13-18(17)27(20)4-2/h6-11,13,21H,3-5,12,25H2,1-2H3,(H,26,28). The topological polar surface area (TPSA) is 78.5 Å². The van der Waals surface area contributed by atoms with E-state index in [0.717, 1.165) is 29.5 Å². The predicted octanol–water partition coefficient (Wildman–Crippen LogP) is 5.86. The molecule has 0 saturated heterocycles. The summed E-state index contributed by atoms with van der Waals surface area (Å²) in [5, 5.41) is 3.45. The van der Waals surface area contributed by atoms with Crippen LogP contribution in [0.3, 0.4) is 0 Å². The molecule has 0 radical (unpaired) electrons. The van der Waals surface area contributed by atoms with Crippen LogP contribution in [-0.2, 0) is 11.3 Å². The van der Waals surface area contributed by atoms with Crippen LogP contribution in [-0.4, -0.2) is 23.9 Å². The van der Waals surface area contributed by atoms with E-state index in [1.54, 1.807) is 24.3 Å². The van der Waals surface area contributed by atoms with Gasteiger partial charge in [-0.25, -0.2) is 4.79 Å². The van der Waals surface area contributed by atoms with Gasteiger partial charge in [0.1, 0.15) is 5.75 Å². The number of hydrogen-bond acceptors (Lipinski definition) is 4. The summed E-state index contributed by atoms with van der Waals surface area (Å²) in [6.07, 6.45) is 1.27. The summed E-state index contributed by atoms with van der Waals surface area (Å²) in [7, 11) is 0. The Morgan fingerprint density at radius 1 is 1.17 bits per heavy atom. The number of nitrogens with zero attached hydrogens (tertiary/aromatic N) is 1. The molecule has 0 unspecified atom stereocenters. The minimum absolute atomic E-state index is 0.0809. The van der Waals surface area contributed by atoms with Gasteiger partial charge >= 0.3 is 12.7 Å². The predicted molar refractivity (Wildman–Crippen MR) is 114 cm³/mol. The molecule has 1 heterocycles. The van der Waals surface area contributed by atoms with Gasteiger partial charge in [-0.2, -0.15) is 8.78 Å². The van der Waals surface area contributed by atoms with Crippen LogP contribution in [0.4, 0.5) is 25.0 Å². The number of benzene rings is 2. The number of nitrogens with two attached hydrogens (primary N) is 1. The Morgan fingerprint density at radius 3 is 2.53 bits per heavy atom. The number of nitrogen functional groups attached to an aromatic ring is 1. The highest BCUT2D eigenvalue weighted by atomic mass is 19.3. The molecule has 3 N–H and O–H groups in total. The van der Waals surface area contributed by atoms with Crippen LogP contribution in [0.1, 0.15) is 26.7 Å². The lowest BCUT2D eigenvalue weighted by molar-refractivity contribution is -0.0497. The molecular weight excluding hydrogens is 392 g/mol. The fraction of sp³-hybridized carbons (Fsp3) is 0.318. The quantitative estimate of drug-likeness (QED) is 0.450. The van der Waals surface area contributed by atoms with Crippen molar-refractivity contribution in [2.24, 2.45) is 0 Å². The van der Waals surface area contributed by atoms with Crippen LogP contribution in [0.15, 0.2) is 42.5 Å². The molecule has 0 saturated carbocycles. The molecule has 6 nitrogen and oxygen atoms in total. The molecule has 160 valence electrons. The first-order valence-electron chi connectivity index (χ1n) is 9.85. The molecule has 8 heteroatoms. The van der Waals surface area contributed by atoms with E-state index in [2.05, 4.69) is 10.1 Å². The number of aromatic nitrogens is 1. The average Bonchev–Trinajstić information content (AvgIpc) is 2.99. The second kappa shape index (κ2) is 9.47. The first kappa shape index (κ1) is 21.4. The van der Waals surface area contributed by atoms with Crippen LogP contribution in [0.25, 0.3) is 22.2 Å². The molecule has 1 aromatic heterocycles. The number of alkyl halides is 2. The maximum Gasteiger partial charge on any atom is 0.411 e. The van der Waals surface area contributed by atoms with E-state index in [0.29, 0.717) is 30.0 Å². The zero-order valence-electron chi connectivity index (χ0n) is 17.0. The Kier molecular flexibility index (Phi) is 6.76. The van der Waals surface area contributed by atoms with E-state index in [4.69, 9.17) is 10.5 Å². The average molecular weight is 417 g/mol. The molecule has 0 spiro atoms. The molecule has 0 aliphatic heterocycles. The number of unbranched alkanes of at least 4 members (excludes halogenated alkanes) is 1. The molecule has 0 fully saturated rings.